The number of urea groups is 1. The fourth-order valence-corrected chi connectivity index (χ4v) is 3.35. The summed E-state index contributed by atoms with van der Waals surface area (Å²) in [6, 6.07) is 8.86. The Morgan fingerprint density at radius 2 is 2.10 bits per heavy atom. The van der Waals surface area contributed by atoms with Crippen LogP contribution in [-0.4, -0.2) is 52.6 Å². The highest BCUT2D eigenvalue weighted by molar-refractivity contribution is 5.74. The van der Waals surface area contributed by atoms with E-state index in [2.05, 4.69) is 29.6 Å². The first-order valence-electron chi connectivity index (χ1n) is 10.5. The average molecular weight is 418 g/mol. The van der Waals surface area contributed by atoms with Gasteiger partial charge in [-0.25, -0.2) is 9.18 Å². The Labute approximate surface area is 177 Å². The zero-order valence-corrected chi connectivity index (χ0v) is 18.0. The van der Waals surface area contributed by atoms with Crippen LogP contribution in [0.3, 0.4) is 0 Å². The van der Waals surface area contributed by atoms with E-state index in [0.717, 1.165) is 17.0 Å². The minimum absolute atomic E-state index is 0.267. The molecule has 2 atom stereocenters. The second-order valence-electron chi connectivity index (χ2n) is 8.25. The van der Waals surface area contributed by atoms with Gasteiger partial charge in [0.1, 0.15) is 11.9 Å². The van der Waals surface area contributed by atoms with Gasteiger partial charge in [0.25, 0.3) is 0 Å². The molecule has 1 aliphatic heterocycles. The number of nitrogens with zero attached hydrogens (tertiary/aromatic N) is 3. The summed E-state index contributed by atoms with van der Waals surface area (Å²) in [4.78, 5) is 14.7. The molecule has 3 rings (SSSR count). The molecule has 1 aromatic carbocycles. The van der Waals surface area contributed by atoms with Crippen molar-refractivity contribution in [3.63, 3.8) is 0 Å². The third-order valence-electron chi connectivity index (χ3n) is 5.01. The molecule has 1 fully saturated rings. The lowest BCUT2D eigenvalue weighted by Gasteiger charge is -2.30. The number of ether oxygens (including phenoxy) is 1. The van der Waals surface area contributed by atoms with Crippen LogP contribution in [0.1, 0.15) is 31.5 Å². The van der Waals surface area contributed by atoms with Crippen molar-refractivity contribution in [3.8, 4) is 5.75 Å². The van der Waals surface area contributed by atoms with Crippen molar-refractivity contribution in [2.45, 2.75) is 45.6 Å². The largest absolute Gasteiger partial charge is 0.493 e. The lowest BCUT2D eigenvalue weighted by Crippen LogP contribution is -2.53. The third-order valence-corrected chi connectivity index (χ3v) is 5.01. The molecule has 1 aromatic heterocycles. The number of nitrogens with one attached hydrogen (secondary N) is 2. The standard InChI is InChI=1S/C22H32FN5O2/c1-16(2)15-30-19-6-4-17(5-7-19)13-28(14-18-9-11-27(3)26-18)22(29)25-21-8-10-24-12-20(21)23/h4-7,9,11,16,20-21,24H,8,10,12-15H2,1-3H3,(H,25,29)/t20-,21+/m1/s1. The Balaban J connectivity index is 1.68. The number of alkyl halides is 1. The summed E-state index contributed by atoms with van der Waals surface area (Å²) in [5, 5.41) is 10.3. The van der Waals surface area contributed by atoms with Gasteiger partial charge in [-0.15, -0.1) is 0 Å². The molecule has 2 N–H and O–H groups in total. The number of hydrogen-bond acceptors (Lipinski definition) is 4. The first-order chi connectivity index (χ1) is 14.4. The maximum absolute atomic E-state index is 14.2. The number of piperidine rings is 1. The van der Waals surface area contributed by atoms with Crippen LogP contribution in [0.4, 0.5) is 9.18 Å². The van der Waals surface area contributed by atoms with Gasteiger partial charge < -0.3 is 20.3 Å². The molecule has 2 aromatic rings. The van der Waals surface area contributed by atoms with Crippen molar-refractivity contribution in [2.75, 3.05) is 19.7 Å². The van der Waals surface area contributed by atoms with E-state index in [9.17, 15) is 9.18 Å². The number of aryl methyl sites for hydroxylation is 1. The normalized spacial score (nSPS) is 19.0. The molecule has 0 unspecified atom stereocenters. The van der Waals surface area contributed by atoms with Crippen molar-refractivity contribution in [1.82, 2.24) is 25.3 Å². The quantitative estimate of drug-likeness (QED) is 0.693. The van der Waals surface area contributed by atoms with Gasteiger partial charge in [-0.05, 0) is 42.6 Å². The zero-order chi connectivity index (χ0) is 21.5. The molecule has 30 heavy (non-hydrogen) atoms. The fourth-order valence-electron chi connectivity index (χ4n) is 3.35. The maximum Gasteiger partial charge on any atom is 0.318 e. The predicted octanol–water partition coefficient (Wildman–Crippen LogP) is 2.87. The molecule has 2 amide bonds. The van der Waals surface area contributed by atoms with Crippen molar-refractivity contribution in [3.05, 3.63) is 47.8 Å². The number of amides is 2. The van der Waals surface area contributed by atoms with E-state index in [-0.39, 0.29) is 12.6 Å². The number of halogens is 1. The molecular weight excluding hydrogens is 385 g/mol. The van der Waals surface area contributed by atoms with E-state index >= 15 is 0 Å². The average Bonchev–Trinajstić information content (AvgIpc) is 3.13. The molecule has 164 valence electrons. The van der Waals surface area contributed by atoms with Gasteiger partial charge in [0, 0.05) is 26.3 Å². The second kappa shape index (κ2) is 10.4. The highest BCUT2D eigenvalue weighted by Gasteiger charge is 2.28. The van der Waals surface area contributed by atoms with E-state index in [1.807, 2.05) is 43.6 Å². The number of carbonyl (C=O) groups is 1. The van der Waals surface area contributed by atoms with Crippen LogP contribution in [0.25, 0.3) is 0 Å². The molecule has 1 saturated heterocycles. The van der Waals surface area contributed by atoms with Crippen LogP contribution in [0.15, 0.2) is 36.5 Å². The maximum atomic E-state index is 14.2. The SMILES string of the molecule is CC(C)COc1ccc(CN(Cc2ccn(C)n2)C(=O)N[C@H]2CCNC[C@H]2F)cc1. The van der Waals surface area contributed by atoms with E-state index in [1.165, 1.54) is 0 Å². The number of hydrogen-bond donors (Lipinski definition) is 2. The van der Waals surface area contributed by atoms with Crippen LogP contribution >= 0.6 is 0 Å². The highest BCUT2D eigenvalue weighted by Crippen LogP contribution is 2.17. The summed E-state index contributed by atoms with van der Waals surface area (Å²) in [5.41, 5.74) is 1.76. The van der Waals surface area contributed by atoms with Crippen LogP contribution in [0, 0.1) is 5.92 Å². The Morgan fingerprint density at radius 3 is 2.73 bits per heavy atom. The molecule has 8 heteroatoms. The molecule has 0 saturated carbocycles. The third kappa shape index (κ3) is 6.45. The topological polar surface area (TPSA) is 71.4 Å². The summed E-state index contributed by atoms with van der Waals surface area (Å²) in [5.74, 6) is 1.26. The molecular formula is C22H32FN5O2. The van der Waals surface area contributed by atoms with E-state index in [0.29, 0.717) is 38.6 Å². The first-order valence-corrected chi connectivity index (χ1v) is 10.5. The Morgan fingerprint density at radius 1 is 1.33 bits per heavy atom. The summed E-state index contributed by atoms with van der Waals surface area (Å²) in [6.45, 7) is 6.58. The fraction of sp³-hybridized carbons (Fsp3) is 0.545. The molecule has 1 aliphatic rings. The highest BCUT2D eigenvalue weighted by atomic mass is 19.1. The Bertz CT molecular complexity index is 808. The van der Waals surface area contributed by atoms with Crippen LogP contribution in [0.2, 0.25) is 0 Å². The van der Waals surface area contributed by atoms with E-state index in [1.54, 1.807) is 9.58 Å². The number of aromatic nitrogens is 2. The summed E-state index contributed by atoms with van der Waals surface area (Å²) >= 11 is 0. The second-order valence-corrected chi connectivity index (χ2v) is 8.25. The van der Waals surface area contributed by atoms with Crippen molar-refractivity contribution < 1.29 is 13.9 Å². The van der Waals surface area contributed by atoms with E-state index < -0.39 is 12.2 Å². The Kier molecular flexibility index (Phi) is 7.68. The van der Waals surface area contributed by atoms with Crippen LogP contribution < -0.4 is 15.4 Å². The van der Waals surface area contributed by atoms with Gasteiger partial charge in [0.2, 0.25) is 0 Å². The number of rotatable bonds is 8. The predicted molar refractivity (Wildman–Crippen MR) is 114 cm³/mol. The molecule has 2 heterocycles. The van der Waals surface area contributed by atoms with Crippen molar-refractivity contribution >= 4 is 6.03 Å². The van der Waals surface area contributed by atoms with Gasteiger partial charge in [0.15, 0.2) is 0 Å². The van der Waals surface area contributed by atoms with Gasteiger partial charge in [-0.2, -0.15) is 5.10 Å². The van der Waals surface area contributed by atoms with Crippen LogP contribution in [0.5, 0.6) is 5.75 Å². The molecule has 0 spiro atoms. The van der Waals surface area contributed by atoms with E-state index in [4.69, 9.17) is 4.74 Å². The molecule has 0 bridgehead atoms. The molecule has 0 radical (unpaired) electrons. The monoisotopic (exact) mass is 417 g/mol. The number of carbonyl (C=O) groups excluding carboxylic acids is 1. The van der Waals surface area contributed by atoms with Gasteiger partial charge in [-0.1, -0.05) is 26.0 Å². The minimum Gasteiger partial charge on any atom is -0.493 e. The summed E-state index contributed by atoms with van der Waals surface area (Å²) in [7, 11) is 1.84. The van der Waals surface area contributed by atoms with Crippen molar-refractivity contribution in [2.24, 2.45) is 13.0 Å². The molecule has 7 nitrogen and oxygen atoms in total. The molecule has 0 aliphatic carbocycles. The lowest BCUT2D eigenvalue weighted by molar-refractivity contribution is 0.163. The summed E-state index contributed by atoms with van der Waals surface area (Å²) in [6.07, 6.45) is 1.33. The Hall–Kier alpha value is -2.61. The lowest BCUT2D eigenvalue weighted by atomic mass is 10.1. The minimum atomic E-state index is -1.09. The summed E-state index contributed by atoms with van der Waals surface area (Å²) < 4.78 is 21.6. The smallest absolute Gasteiger partial charge is 0.318 e. The first kappa shape index (κ1) is 22.1. The van der Waals surface area contributed by atoms with Crippen molar-refractivity contribution in [1.29, 1.82) is 0 Å². The van der Waals surface area contributed by atoms with Gasteiger partial charge >= 0.3 is 6.03 Å². The van der Waals surface area contributed by atoms with Crippen LogP contribution in [-0.2, 0) is 20.1 Å². The number of benzene rings is 1. The zero-order valence-electron chi connectivity index (χ0n) is 18.0. The van der Waals surface area contributed by atoms with Gasteiger partial charge in [0.05, 0.1) is 24.9 Å². The van der Waals surface area contributed by atoms with Gasteiger partial charge in [-0.3, -0.25) is 4.68 Å².